The zero-order chi connectivity index (χ0) is 6.41. The van der Waals surface area contributed by atoms with Gasteiger partial charge in [-0.25, -0.2) is 5.11 Å². The highest BCUT2D eigenvalue weighted by Gasteiger charge is 2.02. The molecule has 1 nitrogen and oxygen atoms in total. The van der Waals surface area contributed by atoms with Crippen LogP contribution in [-0.4, -0.2) is 12.5 Å². The lowest BCUT2D eigenvalue weighted by molar-refractivity contribution is 0.139. The first-order valence-corrected chi connectivity index (χ1v) is 3.52. The van der Waals surface area contributed by atoms with Crippen molar-refractivity contribution < 1.29 is 5.11 Å². The van der Waals surface area contributed by atoms with Crippen LogP contribution in [0.2, 0.25) is 0 Å². The largest absolute Gasteiger partial charge is 0.236 e. The first-order valence-electron chi connectivity index (χ1n) is 2.99. The van der Waals surface area contributed by atoms with Gasteiger partial charge in [0.2, 0.25) is 0 Å². The third kappa shape index (κ3) is 3.28. The highest BCUT2D eigenvalue weighted by Crippen LogP contribution is 2.06. The van der Waals surface area contributed by atoms with Gasteiger partial charge in [-0.2, -0.15) is 0 Å². The van der Waals surface area contributed by atoms with Crippen molar-refractivity contribution in [3.05, 3.63) is 0 Å². The number of hydrogen-bond donors (Lipinski definition) is 0. The van der Waals surface area contributed by atoms with E-state index in [0.29, 0.717) is 11.8 Å². The molecule has 0 aliphatic heterocycles. The quantitative estimate of drug-likeness (QED) is 0.526. The van der Waals surface area contributed by atoms with E-state index >= 15 is 0 Å². The molecule has 0 rings (SSSR count). The maximum absolute atomic E-state index is 10.2. The summed E-state index contributed by atoms with van der Waals surface area (Å²) in [5.74, 6) is 0.938. The Morgan fingerprint density at radius 1 is 1.62 bits per heavy atom. The molecule has 0 aliphatic carbocycles. The van der Waals surface area contributed by atoms with E-state index in [9.17, 15) is 5.11 Å². The number of halogens is 1. The molecule has 49 valence electrons. The Balaban J connectivity index is 3.07. The van der Waals surface area contributed by atoms with Gasteiger partial charge in [-0.05, 0) is 12.3 Å². The molecule has 0 bridgehead atoms. The summed E-state index contributed by atoms with van der Waals surface area (Å²) in [6, 6.07) is 0. The summed E-state index contributed by atoms with van der Waals surface area (Å²) in [5.41, 5.74) is 0. The minimum Gasteiger partial charge on any atom is -0.236 e. The standard InChI is InChI=1S/C6H12ClO/c1-2-6(5-8)3-4-7/h6H,2-5H2,1H3. The molecule has 1 atom stereocenters. The lowest BCUT2D eigenvalue weighted by atomic mass is 10.1. The Morgan fingerprint density at radius 2 is 2.25 bits per heavy atom. The normalized spacial score (nSPS) is 13.9. The van der Waals surface area contributed by atoms with Gasteiger partial charge in [0.15, 0.2) is 0 Å². The fourth-order valence-electron chi connectivity index (χ4n) is 0.560. The molecule has 0 amide bonds. The molecule has 0 aromatic rings. The molecule has 2 heteroatoms. The van der Waals surface area contributed by atoms with Crippen molar-refractivity contribution in [3.63, 3.8) is 0 Å². The van der Waals surface area contributed by atoms with Crippen LogP contribution >= 0.6 is 11.6 Å². The molecule has 0 saturated heterocycles. The molecule has 0 heterocycles. The van der Waals surface area contributed by atoms with Crippen molar-refractivity contribution in [2.24, 2.45) is 5.92 Å². The molecule has 0 spiro atoms. The third-order valence-electron chi connectivity index (χ3n) is 1.33. The molecule has 0 N–H and O–H groups in total. The van der Waals surface area contributed by atoms with Crippen LogP contribution in [-0.2, 0) is 5.11 Å². The van der Waals surface area contributed by atoms with Crippen molar-refractivity contribution in [1.82, 2.24) is 0 Å². The van der Waals surface area contributed by atoms with E-state index in [4.69, 9.17) is 11.6 Å². The predicted octanol–water partition coefficient (Wildman–Crippen LogP) is 2.07. The van der Waals surface area contributed by atoms with Crippen LogP contribution in [0.5, 0.6) is 0 Å². The highest BCUT2D eigenvalue weighted by molar-refractivity contribution is 6.17. The van der Waals surface area contributed by atoms with E-state index in [2.05, 4.69) is 0 Å². The molecule has 0 fully saturated rings. The maximum atomic E-state index is 10.2. The van der Waals surface area contributed by atoms with E-state index in [0.717, 1.165) is 12.8 Å². The van der Waals surface area contributed by atoms with Crippen LogP contribution in [0.3, 0.4) is 0 Å². The molecule has 1 radical (unpaired) electrons. The smallest absolute Gasteiger partial charge is 0.0850 e. The number of rotatable bonds is 4. The van der Waals surface area contributed by atoms with Gasteiger partial charge in [-0.15, -0.1) is 11.6 Å². The SMILES string of the molecule is CCC(C[O])CCCl. The summed E-state index contributed by atoms with van der Waals surface area (Å²) in [5, 5.41) is 10.2. The fourth-order valence-corrected chi connectivity index (χ4v) is 0.868. The van der Waals surface area contributed by atoms with E-state index < -0.39 is 0 Å². The van der Waals surface area contributed by atoms with Crippen molar-refractivity contribution in [2.45, 2.75) is 19.8 Å². The van der Waals surface area contributed by atoms with Crippen LogP contribution in [0, 0.1) is 5.92 Å². The molecule has 0 saturated carbocycles. The lowest BCUT2D eigenvalue weighted by Gasteiger charge is -2.05. The summed E-state index contributed by atoms with van der Waals surface area (Å²) in [4.78, 5) is 0. The lowest BCUT2D eigenvalue weighted by Crippen LogP contribution is -2.03. The van der Waals surface area contributed by atoms with Crippen LogP contribution in [0.25, 0.3) is 0 Å². The number of hydrogen-bond acceptors (Lipinski definition) is 0. The van der Waals surface area contributed by atoms with Crippen molar-refractivity contribution in [1.29, 1.82) is 0 Å². The number of alkyl halides is 1. The maximum Gasteiger partial charge on any atom is 0.0850 e. The van der Waals surface area contributed by atoms with Gasteiger partial charge in [-0.3, -0.25) is 0 Å². The molecule has 0 aliphatic rings. The average Bonchev–Trinajstić information content (AvgIpc) is 1.83. The molecular formula is C6H12ClO. The van der Waals surface area contributed by atoms with Gasteiger partial charge < -0.3 is 0 Å². The van der Waals surface area contributed by atoms with Gasteiger partial charge in [0, 0.05) is 5.88 Å². The van der Waals surface area contributed by atoms with Crippen LogP contribution in [0.15, 0.2) is 0 Å². The van der Waals surface area contributed by atoms with E-state index in [1.54, 1.807) is 0 Å². The second-order valence-electron chi connectivity index (χ2n) is 1.92. The second kappa shape index (κ2) is 5.39. The zero-order valence-electron chi connectivity index (χ0n) is 5.19. The van der Waals surface area contributed by atoms with Crippen molar-refractivity contribution in [3.8, 4) is 0 Å². The van der Waals surface area contributed by atoms with E-state index in [1.807, 2.05) is 6.92 Å². The first kappa shape index (κ1) is 8.25. The summed E-state index contributed by atoms with van der Waals surface area (Å²) >= 11 is 5.41. The molecule has 0 aromatic heterocycles. The van der Waals surface area contributed by atoms with Gasteiger partial charge in [-0.1, -0.05) is 13.3 Å². The Bertz CT molecular complexity index is 43.8. The summed E-state index contributed by atoms with van der Waals surface area (Å²) in [6.45, 7) is 2.05. The molecule has 1 unspecified atom stereocenters. The van der Waals surface area contributed by atoms with Crippen LogP contribution in [0.4, 0.5) is 0 Å². The third-order valence-corrected chi connectivity index (χ3v) is 1.55. The van der Waals surface area contributed by atoms with E-state index in [-0.39, 0.29) is 6.61 Å². The summed E-state index contributed by atoms with van der Waals surface area (Å²) < 4.78 is 0. The average molecular weight is 136 g/mol. The fraction of sp³-hybridized carbons (Fsp3) is 1.00. The monoisotopic (exact) mass is 135 g/mol. The Morgan fingerprint density at radius 3 is 2.38 bits per heavy atom. The molecule has 0 aromatic carbocycles. The zero-order valence-corrected chi connectivity index (χ0v) is 5.95. The summed E-state index contributed by atoms with van der Waals surface area (Å²) in [7, 11) is 0. The first-order chi connectivity index (χ1) is 3.85. The predicted molar refractivity (Wildman–Crippen MR) is 34.7 cm³/mol. The van der Waals surface area contributed by atoms with Gasteiger partial charge in [0.25, 0.3) is 0 Å². The molecule has 8 heavy (non-hydrogen) atoms. The van der Waals surface area contributed by atoms with Crippen LogP contribution < -0.4 is 0 Å². The van der Waals surface area contributed by atoms with Gasteiger partial charge >= 0.3 is 0 Å². The Kier molecular flexibility index (Phi) is 5.56. The Hall–Kier alpha value is 0.250. The minimum absolute atomic E-state index is 0.0310. The summed E-state index contributed by atoms with van der Waals surface area (Å²) in [6.07, 6.45) is 1.85. The molecular weight excluding hydrogens is 124 g/mol. The second-order valence-corrected chi connectivity index (χ2v) is 2.30. The highest BCUT2D eigenvalue weighted by atomic mass is 35.5. The Labute approximate surface area is 55.7 Å². The van der Waals surface area contributed by atoms with Crippen molar-refractivity contribution in [2.75, 3.05) is 12.5 Å². The van der Waals surface area contributed by atoms with Gasteiger partial charge in [0.05, 0.1) is 6.61 Å². The van der Waals surface area contributed by atoms with Crippen LogP contribution in [0.1, 0.15) is 19.8 Å². The van der Waals surface area contributed by atoms with Crippen molar-refractivity contribution >= 4 is 11.6 Å². The van der Waals surface area contributed by atoms with Gasteiger partial charge in [0.1, 0.15) is 0 Å². The minimum atomic E-state index is 0.0310. The topological polar surface area (TPSA) is 19.9 Å². The van der Waals surface area contributed by atoms with E-state index in [1.165, 1.54) is 0 Å².